The van der Waals surface area contributed by atoms with Gasteiger partial charge in [-0.25, -0.2) is 4.79 Å². The van der Waals surface area contributed by atoms with E-state index in [4.69, 9.17) is 5.11 Å². The van der Waals surface area contributed by atoms with Crippen LogP contribution in [0.25, 0.3) is 0 Å². The first-order chi connectivity index (χ1) is 11.1. The van der Waals surface area contributed by atoms with Crippen molar-refractivity contribution in [2.45, 2.75) is 25.3 Å². The number of carboxylic acids is 1. The van der Waals surface area contributed by atoms with Crippen LogP contribution in [0.1, 0.15) is 45.5 Å². The average molecular weight is 309 g/mol. The van der Waals surface area contributed by atoms with Gasteiger partial charge in [-0.2, -0.15) is 0 Å². The predicted molar refractivity (Wildman–Crippen MR) is 87.7 cm³/mol. The number of carbonyl (C=O) groups excluding carboxylic acids is 1. The molecule has 1 aliphatic heterocycles. The molecule has 4 nitrogen and oxygen atoms in total. The van der Waals surface area contributed by atoms with Gasteiger partial charge in [-0.05, 0) is 37.1 Å². The van der Waals surface area contributed by atoms with E-state index in [-0.39, 0.29) is 17.5 Å². The van der Waals surface area contributed by atoms with Crippen LogP contribution in [0.3, 0.4) is 0 Å². The lowest BCUT2D eigenvalue weighted by atomic mass is 9.93. The van der Waals surface area contributed by atoms with Gasteiger partial charge in [0.05, 0.1) is 5.56 Å². The van der Waals surface area contributed by atoms with Gasteiger partial charge >= 0.3 is 5.97 Å². The fourth-order valence-corrected chi connectivity index (χ4v) is 3.32. The lowest BCUT2D eigenvalue weighted by molar-refractivity contribution is 0.0697. The number of likely N-dealkylation sites (tertiary alicyclic amines) is 1. The molecule has 1 fully saturated rings. The first-order valence-corrected chi connectivity index (χ1v) is 7.77. The zero-order chi connectivity index (χ0) is 16.4. The lowest BCUT2D eigenvalue weighted by Crippen LogP contribution is -2.35. The lowest BCUT2D eigenvalue weighted by Gasteiger charge is -2.25. The van der Waals surface area contributed by atoms with E-state index in [0.717, 1.165) is 6.42 Å². The predicted octanol–water partition coefficient (Wildman–Crippen LogP) is 3.40. The van der Waals surface area contributed by atoms with E-state index in [2.05, 4.69) is 19.1 Å². The van der Waals surface area contributed by atoms with Crippen molar-refractivity contribution < 1.29 is 14.7 Å². The standard InChI is InChI=1S/C19H19NO3/c1-13-17(14-6-3-2-4-7-14)10-11-20(13)18(21)15-8-5-9-16(12-15)19(22)23/h2-9,12-13,17H,10-11H2,1H3,(H,22,23). The number of rotatable bonds is 3. The second kappa shape index (κ2) is 6.24. The molecule has 118 valence electrons. The molecular formula is C19H19NO3. The Balaban J connectivity index is 1.81. The summed E-state index contributed by atoms with van der Waals surface area (Å²) in [4.78, 5) is 25.7. The van der Waals surface area contributed by atoms with Crippen molar-refractivity contribution in [2.24, 2.45) is 0 Å². The van der Waals surface area contributed by atoms with Gasteiger partial charge in [0.15, 0.2) is 0 Å². The highest BCUT2D eigenvalue weighted by Crippen LogP contribution is 2.34. The smallest absolute Gasteiger partial charge is 0.335 e. The molecule has 2 atom stereocenters. The number of nitrogens with zero attached hydrogens (tertiary/aromatic N) is 1. The Morgan fingerprint density at radius 2 is 1.74 bits per heavy atom. The van der Waals surface area contributed by atoms with Crippen LogP contribution < -0.4 is 0 Å². The minimum Gasteiger partial charge on any atom is -0.478 e. The molecule has 1 saturated heterocycles. The second-order valence-electron chi connectivity index (χ2n) is 5.93. The third kappa shape index (κ3) is 2.97. The Hall–Kier alpha value is -2.62. The Morgan fingerprint density at radius 3 is 2.43 bits per heavy atom. The minimum absolute atomic E-state index is 0.0957. The monoisotopic (exact) mass is 309 g/mol. The van der Waals surface area contributed by atoms with E-state index in [9.17, 15) is 9.59 Å². The van der Waals surface area contributed by atoms with Crippen molar-refractivity contribution in [1.29, 1.82) is 0 Å². The number of hydrogen-bond donors (Lipinski definition) is 1. The van der Waals surface area contributed by atoms with E-state index in [1.807, 2.05) is 23.1 Å². The van der Waals surface area contributed by atoms with Crippen LogP contribution in [-0.4, -0.2) is 34.5 Å². The van der Waals surface area contributed by atoms with Gasteiger partial charge in [0, 0.05) is 24.1 Å². The quantitative estimate of drug-likeness (QED) is 0.945. The number of aromatic carboxylic acids is 1. The molecular weight excluding hydrogens is 290 g/mol. The van der Waals surface area contributed by atoms with E-state index < -0.39 is 5.97 Å². The first kappa shape index (κ1) is 15.3. The summed E-state index contributed by atoms with van der Waals surface area (Å²) in [5.74, 6) is -0.793. The molecule has 1 N–H and O–H groups in total. The van der Waals surface area contributed by atoms with E-state index in [1.54, 1.807) is 12.1 Å². The summed E-state index contributed by atoms with van der Waals surface area (Å²) in [5, 5.41) is 9.07. The number of amides is 1. The summed E-state index contributed by atoms with van der Waals surface area (Å²) in [6.45, 7) is 2.75. The largest absolute Gasteiger partial charge is 0.478 e. The van der Waals surface area contributed by atoms with Crippen molar-refractivity contribution >= 4 is 11.9 Å². The Kier molecular flexibility index (Phi) is 4.15. The van der Waals surface area contributed by atoms with Crippen LogP contribution in [0, 0.1) is 0 Å². The van der Waals surface area contributed by atoms with Gasteiger partial charge in [0.2, 0.25) is 0 Å². The SMILES string of the molecule is CC1C(c2ccccc2)CCN1C(=O)c1cccc(C(=O)O)c1. The molecule has 4 heteroatoms. The molecule has 1 aliphatic rings. The Morgan fingerprint density at radius 1 is 1.04 bits per heavy atom. The molecule has 3 rings (SSSR count). The van der Waals surface area contributed by atoms with Crippen molar-refractivity contribution in [3.8, 4) is 0 Å². The molecule has 23 heavy (non-hydrogen) atoms. The minimum atomic E-state index is -1.02. The third-order valence-electron chi connectivity index (χ3n) is 4.60. The molecule has 0 saturated carbocycles. The zero-order valence-corrected chi connectivity index (χ0v) is 13.0. The van der Waals surface area contributed by atoms with Crippen LogP contribution in [0.2, 0.25) is 0 Å². The van der Waals surface area contributed by atoms with Crippen molar-refractivity contribution in [1.82, 2.24) is 4.90 Å². The van der Waals surface area contributed by atoms with Gasteiger partial charge in [-0.1, -0.05) is 36.4 Å². The van der Waals surface area contributed by atoms with Crippen LogP contribution in [0.5, 0.6) is 0 Å². The van der Waals surface area contributed by atoms with Gasteiger partial charge in [0.1, 0.15) is 0 Å². The van der Waals surface area contributed by atoms with E-state index in [1.165, 1.54) is 17.7 Å². The molecule has 2 aromatic rings. The third-order valence-corrected chi connectivity index (χ3v) is 4.60. The molecule has 0 aromatic heterocycles. The van der Waals surface area contributed by atoms with Crippen LogP contribution in [0.15, 0.2) is 54.6 Å². The van der Waals surface area contributed by atoms with E-state index in [0.29, 0.717) is 18.0 Å². The second-order valence-corrected chi connectivity index (χ2v) is 5.93. The van der Waals surface area contributed by atoms with Gasteiger partial charge < -0.3 is 10.0 Å². The average Bonchev–Trinajstić information content (AvgIpc) is 2.96. The summed E-state index contributed by atoms with van der Waals surface area (Å²) in [6, 6.07) is 16.6. The summed E-state index contributed by atoms with van der Waals surface area (Å²) in [6.07, 6.45) is 0.926. The van der Waals surface area contributed by atoms with Crippen molar-refractivity contribution in [3.05, 3.63) is 71.3 Å². The van der Waals surface area contributed by atoms with Crippen LogP contribution >= 0.6 is 0 Å². The summed E-state index contributed by atoms with van der Waals surface area (Å²) >= 11 is 0. The van der Waals surface area contributed by atoms with Gasteiger partial charge in [-0.3, -0.25) is 4.79 Å². The normalized spacial score (nSPS) is 20.5. The van der Waals surface area contributed by atoms with Crippen molar-refractivity contribution in [3.63, 3.8) is 0 Å². The highest BCUT2D eigenvalue weighted by Gasteiger charge is 2.35. The van der Waals surface area contributed by atoms with Crippen LogP contribution in [-0.2, 0) is 0 Å². The molecule has 2 unspecified atom stereocenters. The molecule has 2 aromatic carbocycles. The maximum atomic E-state index is 12.7. The first-order valence-electron chi connectivity index (χ1n) is 7.77. The molecule has 0 aliphatic carbocycles. The van der Waals surface area contributed by atoms with Gasteiger partial charge in [0.25, 0.3) is 5.91 Å². The Bertz CT molecular complexity index is 726. The summed E-state index contributed by atoms with van der Waals surface area (Å²) < 4.78 is 0. The number of carbonyl (C=O) groups is 2. The molecule has 1 amide bonds. The maximum absolute atomic E-state index is 12.7. The Labute approximate surface area is 135 Å². The molecule has 0 bridgehead atoms. The maximum Gasteiger partial charge on any atom is 0.335 e. The molecule has 0 radical (unpaired) electrons. The fourth-order valence-electron chi connectivity index (χ4n) is 3.32. The van der Waals surface area contributed by atoms with Gasteiger partial charge in [-0.15, -0.1) is 0 Å². The highest BCUT2D eigenvalue weighted by molar-refractivity contribution is 5.97. The number of benzene rings is 2. The summed E-state index contributed by atoms with van der Waals surface area (Å²) in [5.41, 5.74) is 1.82. The number of carboxylic acid groups (broad SMARTS) is 1. The zero-order valence-electron chi connectivity index (χ0n) is 13.0. The number of hydrogen-bond acceptors (Lipinski definition) is 2. The van der Waals surface area contributed by atoms with Crippen molar-refractivity contribution in [2.75, 3.05) is 6.54 Å². The van der Waals surface area contributed by atoms with E-state index >= 15 is 0 Å². The summed E-state index contributed by atoms with van der Waals surface area (Å²) in [7, 11) is 0. The fraction of sp³-hybridized carbons (Fsp3) is 0.263. The molecule has 0 spiro atoms. The molecule has 1 heterocycles. The van der Waals surface area contributed by atoms with Crippen LogP contribution in [0.4, 0.5) is 0 Å². The topological polar surface area (TPSA) is 57.6 Å². The highest BCUT2D eigenvalue weighted by atomic mass is 16.4.